The van der Waals surface area contributed by atoms with Gasteiger partial charge in [0, 0.05) is 18.6 Å². The van der Waals surface area contributed by atoms with E-state index < -0.39 is 0 Å². The van der Waals surface area contributed by atoms with Crippen molar-refractivity contribution in [2.75, 3.05) is 6.54 Å². The average molecular weight is 153 g/mol. The van der Waals surface area contributed by atoms with E-state index in [1.165, 1.54) is 19.4 Å². The van der Waals surface area contributed by atoms with Crippen LogP contribution in [0.5, 0.6) is 0 Å². The van der Waals surface area contributed by atoms with Crippen LogP contribution >= 0.6 is 0 Å². The number of nitrogens with zero attached hydrogens (tertiary/aromatic N) is 1. The molecule has 2 fully saturated rings. The molecular weight excluding hydrogens is 134 g/mol. The van der Waals surface area contributed by atoms with Gasteiger partial charge in [-0.05, 0) is 45.4 Å². The molecule has 0 N–H and O–H groups in total. The zero-order chi connectivity index (χ0) is 8.01. The van der Waals surface area contributed by atoms with E-state index >= 15 is 0 Å². The fourth-order valence-corrected chi connectivity index (χ4v) is 2.82. The average Bonchev–Trinajstić information content (AvgIpc) is 2.03. The van der Waals surface area contributed by atoms with Crippen molar-refractivity contribution in [2.24, 2.45) is 11.8 Å². The Morgan fingerprint density at radius 1 is 1.27 bits per heavy atom. The molecule has 0 aromatic carbocycles. The Hall–Kier alpha value is -0.0400. The van der Waals surface area contributed by atoms with Crippen LogP contribution < -0.4 is 0 Å². The van der Waals surface area contributed by atoms with Crippen molar-refractivity contribution in [2.45, 2.75) is 45.7 Å². The van der Waals surface area contributed by atoms with Gasteiger partial charge in [-0.2, -0.15) is 0 Å². The molecule has 0 aromatic rings. The van der Waals surface area contributed by atoms with Gasteiger partial charge in [-0.25, -0.2) is 0 Å². The molecule has 1 saturated carbocycles. The second kappa shape index (κ2) is 2.48. The van der Waals surface area contributed by atoms with E-state index in [0.29, 0.717) is 0 Å². The summed E-state index contributed by atoms with van der Waals surface area (Å²) in [6.07, 6.45) is 2.99. The lowest BCUT2D eigenvalue weighted by Crippen LogP contribution is -2.35. The Morgan fingerprint density at radius 2 is 2.00 bits per heavy atom. The SMILES string of the molecule is CC(C)N1CC2CCC2C1C. The third-order valence-corrected chi connectivity index (χ3v) is 3.73. The van der Waals surface area contributed by atoms with Crippen molar-refractivity contribution in [1.82, 2.24) is 4.90 Å². The molecule has 0 amide bonds. The lowest BCUT2D eigenvalue weighted by molar-refractivity contribution is 0.179. The molecule has 3 unspecified atom stereocenters. The molecule has 1 aliphatic heterocycles. The molecule has 64 valence electrons. The quantitative estimate of drug-likeness (QED) is 0.558. The minimum atomic E-state index is 0.760. The first-order valence-electron chi connectivity index (χ1n) is 4.96. The van der Waals surface area contributed by atoms with Gasteiger partial charge in [-0.1, -0.05) is 0 Å². The van der Waals surface area contributed by atoms with Crippen LogP contribution in [0.2, 0.25) is 0 Å². The molecule has 3 atom stereocenters. The predicted molar refractivity (Wildman–Crippen MR) is 47.5 cm³/mol. The fourth-order valence-electron chi connectivity index (χ4n) is 2.82. The van der Waals surface area contributed by atoms with Crippen molar-refractivity contribution in [3.05, 3.63) is 0 Å². The summed E-state index contributed by atoms with van der Waals surface area (Å²) < 4.78 is 0. The smallest absolute Gasteiger partial charge is 0.0101 e. The second-order valence-electron chi connectivity index (χ2n) is 4.53. The van der Waals surface area contributed by atoms with Crippen LogP contribution in [-0.2, 0) is 0 Å². The number of hydrogen-bond acceptors (Lipinski definition) is 1. The summed E-state index contributed by atoms with van der Waals surface area (Å²) in [5.41, 5.74) is 0. The maximum Gasteiger partial charge on any atom is 0.0101 e. The van der Waals surface area contributed by atoms with Gasteiger partial charge in [0.25, 0.3) is 0 Å². The van der Waals surface area contributed by atoms with Crippen molar-refractivity contribution in [1.29, 1.82) is 0 Å². The Bertz CT molecular complexity index is 153. The lowest BCUT2D eigenvalue weighted by atomic mass is 9.73. The molecule has 0 spiro atoms. The molecule has 2 rings (SSSR count). The minimum Gasteiger partial charge on any atom is -0.298 e. The molecule has 1 aliphatic carbocycles. The minimum absolute atomic E-state index is 0.760. The largest absolute Gasteiger partial charge is 0.298 e. The highest BCUT2D eigenvalue weighted by Crippen LogP contribution is 2.45. The molecule has 1 heterocycles. The van der Waals surface area contributed by atoms with Gasteiger partial charge in [0.15, 0.2) is 0 Å². The molecule has 1 heteroatoms. The first-order valence-corrected chi connectivity index (χ1v) is 4.96. The summed E-state index contributed by atoms with van der Waals surface area (Å²) in [6.45, 7) is 8.43. The molecule has 0 bridgehead atoms. The highest BCUT2D eigenvalue weighted by atomic mass is 15.2. The number of fused-ring (bicyclic) bond motifs is 1. The van der Waals surface area contributed by atoms with Gasteiger partial charge in [-0.15, -0.1) is 0 Å². The number of hydrogen-bond donors (Lipinski definition) is 0. The summed E-state index contributed by atoms with van der Waals surface area (Å²) in [5, 5.41) is 0. The molecule has 0 radical (unpaired) electrons. The number of likely N-dealkylation sites (tertiary alicyclic amines) is 1. The van der Waals surface area contributed by atoms with Crippen LogP contribution in [0.3, 0.4) is 0 Å². The highest BCUT2D eigenvalue weighted by molar-refractivity contribution is 4.97. The third-order valence-electron chi connectivity index (χ3n) is 3.73. The second-order valence-corrected chi connectivity index (χ2v) is 4.53. The Balaban J connectivity index is 2.03. The van der Waals surface area contributed by atoms with Crippen molar-refractivity contribution in [3.8, 4) is 0 Å². The van der Waals surface area contributed by atoms with E-state index in [2.05, 4.69) is 25.7 Å². The summed E-state index contributed by atoms with van der Waals surface area (Å²) in [7, 11) is 0. The molecule has 11 heavy (non-hydrogen) atoms. The summed E-state index contributed by atoms with van der Waals surface area (Å²) in [5.74, 6) is 2.12. The van der Waals surface area contributed by atoms with E-state index in [1.54, 1.807) is 0 Å². The van der Waals surface area contributed by atoms with Crippen molar-refractivity contribution < 1.29 is 0 Å². The van der Waals surface area contributed by atoms with Crippen LogP contribution in [0.1, 0.15) is 33.6 Å². The maximum absolute atomic E-state index is 2.67. The topological polar surface area (TPSA) is 3.24 Å². The Labute approximate surface area is 69.8 Å². The monoisotopic (exact) mass is 153 g/mol. The molecule has 1 saturated heterocycles. The predicted octanol–water partition coefficient (Wildman–Crippen LogP) is 2.13. The molecule has 2 aliphatic rings. The molecule has 1 nitrogen and oxygen atoms in total. The van der Waals surface area contributed by atoms with Crippen LogP contribution in [0.4, 0.5) is 0 Å². The third kappa shape index (κ3) is 1.01. The summed E-state index contributed by atoms with van der Waals surface area (Å²) >= 11 is 0. The van der Waals surface area contributed by atoms with E-state index in [-0.39, 0.29) is 0 Å². The van der Waals surface area contributed by atoms with Gasteiger partial charge < -0.3 is 0 Å². The van der Waals surface area contributed by atoms with Gasteiger partial charge in [-0.3, -0.25) is 4.90 Å². The van der Waals surface area contributed by atoms with Crippen molar-refractivity contribution >= 4 is 0 Å². The Kier molecular flexibility index (Phi) is 1.71. The summed E-state index contributed by atoms with van der Waals surface area (Å²) in [4.78, 5) is 2.67. The van der Waals surface area contributed by atoms with Crippen LogP contribution in [0, 0.1) is 11.8 Å². The first kappa shape index (κ1) is 7.60. The number of rotatable bonds is 1. The van der Waals surface area contributed by atoms with Crippen LogP contribution in [0.25, 0.3) is 0 Å². The lowest BCUT2D eigenvalue weighted by Gasteiger charge is -2.32. The van der Waals surface area contributed by atoms with Crippen LogP contribution in [0.15, 0.2) is 0 Å². The maximum atomic E-state index is 2.67. The van der Waals surface area contributed by atoms with Gasteiger partial charge in [0.2, 0.25) is 0 Å². The van der Waals surface area contributed by atoms with E-state index in [4.69, 9.17) is 0 Å². The molecule has 0 aromatic heterocycles. The van der Waals surface area contributed by atoms with E-state index in [9.17, 15) is 0 Å². The first-order chi connectivity index (χ1) is 5.20. The zero-order valence-electron chi connectivity index (χ0n) is 7.88. The van der Waals surface area contributed by atoms with E-state index in [0.717, 1.165) is 23.9 Å². The van der Waals surface area contributed by atoms with Gasteiger partial charge >= 0.3 is 0 Å². The summed E-state index contributed by atoms with van der Waals surface area (Å²) in [6, 6.07) is 1.63. The normalized spacial score (nSPS) is 44.2. The van der Waals surface area contributed by atoms with Crippen molar-refractivity contribution in [3.63, 3.8) is 0 Å². The van der Waals surface area contributed by atoms with Gasteiger partial charge in [0.05, 0.1) is 0 Å². The standard InChI is InChI=1S/C10H19N/c1-7(2)11-6-9-4-5-10(9)8(11)3/h7-10H,4-6H2,1-3H3. The highest BCUT2D eigenvalue weighted by Gasteiger charge is 2.44. The van der Waals surface area contributed by atoms with Gasteiger partial charge in [0.1, 0.15) is 0 Å². The van der Waals surface area contributed by atoms with E-state index in [1.807, 2.05) is 0 Å². The van der Waals surface area contributed by atoms with Crippen LogP contribution in [-0.4, -0.2) is 23.5 Å². The molecular formula is C10H19N. The zero-order valence-corrected chi connectivity index (χ0v) is 7.88. The fraction of sp³-hybridized carbons (Fsp3) is 1.00. The Morgan fingerprint density at radius 3 is 2.27 bits per heavy atom.